The van der Waals surface area contributed by atoms with E-state index in [1.54, 1.807) is 0 Å². The van der Waals surface area contributed by atoms with Crippen LogP contribution in [-0.2, 0) is 9.59 Å². The van der Waals surface area contributed by atoms with Gasteiger partial charge in [-0.2, -0.15) is 0 Å². The number of rotatable bonds is 3. The molecule has 1 aliphatic heterocycles. The number of aryl methyl sites for hydroxylation is 1. The van der Waals surface area contributed by atoms with E-state index >= 15 is 0 Å². The topological polar surface area (TPSA) is 49.4 Å². The van der Waals surface area contributed by atoms with Gasteiger partial charge in [-0.3, -0.25) is 14.5 Å². The van der Waals surface area contributed by atoms with Gasteiger partial charge in [0.2, 0.25) is 11.8 Å². The number of hydrogen-bond acceptors (Lipinski definition) is 3. The van der Waals surface area contributed by atoms with Crippen molar-refractivity contribution in [3.63, 3.8) is 0 Å². The predicted molar refractivity (Wildman–Crippen MR) is 81.5 cm³/mol. The van der Waals surface area contributed by atoms with Crippen LogP contribution in [0.3, 0.4) is 0 Å². The molecule has 1 aromatic carbocycles. The second-order valence-electron chi connectivity index (χ2n) is 6.44. The van der Waals surface area contributed by atoms with Crippen molar-refractivity contribution in [3.8, 4) is 0 Å². The van der Waals surface area contributed by atoms with E-state index in [-0.39, 0.29) is 30.3 Å². The number of hydrogen-bond donors (Lipinski definition) is 1. The Bertz CT molecular complexity index is 570. The van der Waals surface area contributed by atoms with Crippen LogP contribution < -0.4 is 5.32 Å². The maximum atomic E-state index is 12.4. The number of benzene rings is 1. The highest BCUT2D eigenvalue weighted by Crippen LogP contribution is 2.40. The molecule has 0 spiro atoms. The van der Waals surface area contributed by atoms with Gasteiger partial charge in [0, 0.05) is 5.69 Å². The van der Waals surface area contributed by atoms with Gasteiger partial charge in [-0.15, -0.1) is 0 Å². The molecule has 1 aliphatic carbocycles. The SMILES string of the molecule is Cc1cccc(NCN2C(=O)[C@H]3CC[C@@H](C)C[C@H]3C2=O)c1. The highest BCUT2D eigenvalue weighted by molar-refractivity contribution is 6.05. The highest BCUT2D eigenvalue weighted by atomic mass is 16.2. The maximum absolute atomic E-state index is 12.4. The molecule has 1 saturated heterocycles. The largest absolute Gasteiger partial charge is 0.367 e. The number of fused-ring (bicyclic) bond motifs is 1. The van der Waals surface area contributed by atoms with E-state index < -0.39 is 0 Å². The van der Waals surface area contributed by atoms with Crippen LogP contribution in [0.2, 0.25) is 0 Å². The van der Waals surface area contributed by atoms with Crippen molar-refractivity contribution >= 4 is 17.5 Å². The molecule has 2 fully saturated rings. The Balaban J connectivity index is 1.68. The van der Waals surface area contributed by atoms with Gasteiger partial charge in [-0.25, -0.2) is 0 Å². The molecule has 2 amide bonds. The zero-order chi connectivity index (χ0) is 15.0. The molecule has 1 aromatic rings. The van der Waals surface area contributed by atoms with Crippen LogP contribution in [0.5, 0.6) is 0 Å². The second kappa shape index (κ2) is 5.51. The number of nitrogens with zero attached hydrogens (tertiary/aromatic N) is 1. The third kappa shape index (κ3) is 2.67. The van der Waals surface area contributed by atoms with E-state index in [0.717, 1.165) is 30.5 Å². The molecule has 2 aliphatic rings. The summed E-state index contributed by atoms with van der Waals surface area (Å²) in [7, 11) is 0. The lowest BCUT2D eigenvalue weighted by Gasteiger charge is -2.25. The zero-order valence-electron chi connectivity index (χ0n) is 12.6. The maximum Gasteiger partial charge on any atom is 0.234 e. The van der Waals surface area contributed by atoms with Gasteiger partial charge in [0.1, 0.15) is 0 Å². The first-order chi connectivity index (χ1) is 10.1. The summed E-state index contributed by atoms with van der Waals surface area (Å²) in [5, 5.41) is 3.19. The summed E-state index contributed by atoms with van der Waals surface area (Å²) in [5.74, 6) is 0.412. The first kappa shape index (κ1) is 14.1. The summed E-state index contributed by atoms with van der Waals surface area (Å²) in [6.07, 6.45) is 2.77. The Hall–Kier alpha value is -1.84. The van der Waals surface area contributed by atoms with Crippen LogP contribution in [0.1, 0.15) is 31.7 Å². The number of imide groups is 1. The minimum atomic E-state index is -0.0828. The number of likely N-dealkylation sites (tertiary alicyclic amines) is 1. The number of nitrogens with one attached hydrogen (secondary N) is 1. The van der Waals surface area contributed by atoms with Crippen molar-refractivity contribution in [1.82, 2.24) is 4.90 Å². The highest BCUT2D eigenvalue weighted by Gasteiger charge is 2.49. The molecule has 0 bridgehead atoms. The van der Waals surface area contributed by atoms with Crippen LogP contribution >= 0.6 is 0 Å². The summed E-state index contributed by atoms with van der Waals surface area (Å²) in [5.41, 5.74) is 2.10. The van der Waals surface area contributed by atoms with E-state index in [2.05, 4.69) is 12.2 Å². The molecule has 4 nitrogen and oxygen atoms in total. The van der Waals surface area contributed by atoms with Gasteiger partial charge < -0.3 is 5.32 Å². The van der Waals surface area contributed by atoms with Crippen molar-refractivity contribution in [2.75, 3.05) is 12.0 Å². The molecule has 1 N–H and O–H groups in total. The fourth-order valence-corrected chi connectivity index (χ4v) is 3.54. The summed E-state index contributed by atoms with van der Waals surface area (Å²) in [4.78, 5) is 26.3. The average Bonchev–Trinajstić information content (AvgIpc) is 2.69. The zero-order valence-corrected chi connectivity index (χ0v) is 12.6. The standard InChI is InChI=1S/C17H22N2O2/c1-11-4-3-5-13(8-11)18-10-19-16(20)14-7-6-12(2)9-15(14)17(19)21/h3-5,8,12,14-15,18H,6-7,9-10H2,1-2H3/t12-,14+,15-/m1/s1. The Morgan fingerprint density at radius 3 is 2.71 bits per heavy atom. The van der Waals surface area contributed by atoms with Crippen molar-refractivity contribution in [2.45, 2.75) is 33.1 Å². The molecule has 1 saturated carbocycles. The molecule has 0 unspecified atom stereocenters. The fraction of sp³-hybridized carbons (Fsp3) is 0.529. The normalized spacial score (nSPS) is 28.7. The van der Waals surface area contributed by atoms with Crippen LogP contribution in [0.4, 0.5) is 5.69 Å². The van der Waals surface area contributed by atoms with E-state index in [4.69, 9.17) is 0 Å². The van der Waals surface area contributed by atoms with Gasteiger partial charge >= 0.3 is 0 Å². The first-order valence-corrected chi connectivity index (χ1v) is 7.72. The molecular formula is C17H22N2O2. The minimum Gasteiger partial charge on any atom is -0.367 e. The number of amides is 2. The van der Waals surface area contributed by atoms with Gasteiger partial charge in [0.05, 0.1) is 18.5 Å². The molecule has 3 atom stereocenters. The molecule has 4 heteroatoms. The van der Waals surface area contributed by atoms with E-state index in [9.17, 15) is 9.59 Å². The summed E-state index contributed by atoms with van der Waals surface area (Å²) < 4.78 is 0. The Morgan fingerprint density at radius 1 is 1.19 bits per heavy atom. The van der Waals surface area contributed by atoms with E-state index in [1.165, 1.54) is 4.90 Å². The van der Waals surface area contributed by atoms with Gasteiger partial charge in [-0.1, -0.05) is 19.1 Å². The summed E-state index contributed by atoms with van der Waals surface area (Å²) in [6, 6.07) is 7.95. The van der Waals surface area contributed by atoms with Crippen LogP contribution in [0.15, 0.2) is 24.3 Å². The molecule has 21 heavy (non-hydrogen) atoms. The van der Waals surface area contributed by atoms with Crippen LogP contribution in [0.25, 0.3) is 0 Å². The molecule has 1 heterocycles. The molecular weight excluding hydrogens is 264 g/mol. The number of carbonyl (C=O) groups is 2. The fourth-order valence-electron chi connectivity index (χ4n) is 3.54. The number of anilines is 1. The third-order valence-corrected chi connectivity index (χ3v) is 4.74. The molecule has 0 radical (unpaired) electrons. The Labute approximate surface area is 125 Å². The molecule has 0 aromatic heterocycles. The van der Waals surface area contributed by atoms with Crippen LogP contribution in [0, 0.1) is 24.7 Å². The van der Waals surface area contributed by atoms with Gasteiger partial charge in [0.25, 0.3) is 0 Å². The molecule has 3 rings (SSSR count). The molecule has 112 valence electrons. The van der Waals surface area contributed by atoms with Gasteiger partial charge in [0.15, 0.2) is 0 Å². The number of carbonyl (C=O) groups excluding carboxylic acids is 2. The monoisotopic (exact) mass is 286 g/mol. The van der Waals surface area contributed by atoms with Crippen molar-refractivity contribution in [2.24, 2.45) is 17.8 Å². The predicted octanol–water partition coefficient (Wildman–Crippen LogP) is 2.79. The second-order valence-corrected chi connectivity index (χ2v) is 6.44. The van der Waals surface area contributed by atoms with Gasteiger partial charge in [-0.05, 0) is 49.8 Å². The van der Waals surface area contributed by atoms with Crippen molar-refractivity contribution in [3.05, 3.63) is 29.8 Å². The Morgan fingerprint density at radius 2 is 1.95 bits per heavy atom. The average molecular weight is 286 g/mol. The van der Waals surface area contributed by atoms with E-state index in [1.807, 2.05) is 31.2 Å². The lowest BCUT2D eigenvalue weighted by Crippen LogP contribution is -2.35. The van der Waals surface area contributed by atoms with Crippen molar-refractivity contribution in [1.29, 1.82) is 0 Å². The van der Waals surface area contributed by atoms with Crippen molar-refractivity contribution < 1.29 is 9.59 Å². The summed E-state index contributed by atoms with van der Waals surface area (Å²) >= 11 is 0. The smallest absolute Gasteiger partial charge is 0.234 e. The summed E-state index contributed by atoms with van der Waals surface area (Å²) in [6.45, 7) is 4.47. The third-order valence-electron chi connectivity index (χ3n) is 4.74. The lowest BCUT2D eigenvalue weighted by atomic mass is 9.76. The van der Waals surface area contributed by atoms with E-state index in [0.29, 0.717) is 5.92 Å². The minimum absolute atomic E-state index is 0.0108. The lowest BCUT2D eigenvalue weighted by molar-refractivity contribution is -0.139. The van der Waals surface area contributed by atoms with Crippen LogP contribution in [-0.4, -0.2) is 23.4 Å². The Kier molecular flexibility index (Phi) is 3.70. The first-order valence-electron chi connectivity index (χ1n) is 7.72. The quantitative estimate of drug-likeness (QED) is 0.869.